The van der Waals surface area contributed by atoms with Gasteiger partial charge in [0.25, 0.3) is 0 Å². The van der Waals surface area contributed by atoms with E-state index in [2.05, 4.69) is 20.2 Å². The molecule has 1 aliphatic rings. The largest absolute Gasteiger partial charge is 0.480 e. The Morgan fingerprint density at radius 1 is 1.46 bits per heavy atom. The highest BCUT2D eigenvalue weighted by Gasteiger charge is 2.30. The number of piperidine rings is 1. The Bertz CT molecular complexity index is 779. The summed E-state index contributed by atoms with van der Waals surface area (Å²) in [4.78, 5) is 35.8. The van der Waals surface area contributed by atoms with Crippen molar-refractivity contribution >= 4 is 39.2 Å². The molecule has 2 N–H and O–H groups in total. The molecule has 140 valence electrons. The van der Waals surface area contributed by atoms with Gasteiger partial charge in [-0.1, -0.05) is 19.8 Å². The minimum Gasteiger partial charge on any atom is -0.480 e. The molecular formula is C18H24N4O3S. The third kappa shape index (κ3) is 4.12. The Morgan fingerprint density at radius 2 is 2.31 bits per heavy atom. The number of rotatable bonds is 7. The minimum atomic E-state index is -0.963. The predicted octanol–water partition coefficient (Wildman–Crippen LogP) is 2.67. The number of hydrogen-bond acceptors (Lipinski definition) is 6. The van der Waals surface area contributed by atoms with Crippen LogP contribution in [0.3, 0.4) is 0 Å². The van der Waals surface area contributed by atoms with Gasteiger partial charge in [0.15, 0.2) is 0 Å². The van der Waals surface area contributed by atoms with Crippen LogP contribution in [0.5, 0.6) is 0 Å². The number of hydrogen-bond donors (Lipinski definition) is 2. The number of fused-ring (bicyclic) bond motifs is 1. The summed E-state index contributed by atoms with van der Waals surface area (Å²) >= 11 is 1.57. The zero-order valence-electron chi connectivity index (χ0n) is 14.9. The Labute approximate surface area is 156 Å². The maximum absolute atomic E-state index is 12.6. The summed E-state index contributed by atoms with van der Waals surface area (Å²) in [7, 11) is 0. The third-order valence-corrected chi connectivity index (χ3v) is 5.61. The van der Waals surface area contributed by atoms with Crippen LogP contribution >= 0.6 is 11.3 Å². The van der Waals surface area contributed by atoms with Crippen molar-refractivity contribution in [1.29, 1.82) is 0 Å². The van der Waals surface area contributed by atoms with E-state index in [0.717, 1.165) is 48.3 Å². The third-order valence-electron chi connectivity index (χ3n) is 4.79. The van der Waals surface area contributed by atoms with Gasteiger partial charge in [0.1, 0.15) is 23.0 Å². The SMILES string of the molecule is CCCC[C@H](NC(=O)C1CCCN(c2ncnc3sccc23)C1)C(=O)O. The lowest BCUT2D eigenvalue weighted by molar-refractivity contribution is -0.142. The van der Waals surface area contributed by atoms with Gasteiger partial charge in [-0.3, -0.25) is 4.79 Å². The highest BCUT2D eigenvalue weighted by atomic mass is 32.1. The van der Waals surface area contributed by atoms with Gasteiger partial charge in [-0.25, -0.2) is 14.8 Å². The Hall–Kier alpha value is -2.22. The molecule has 7 nitrogen and oxygen atoms in total. The average molecular weight is 376 g/mol. The van der Waals surface area contributed by atoms with E-state index in [4.69, 9.17) is 0 Å². The zero-order chi connectivity index (χ0) is 18.5. The van der Waals surface area contributed by atoms with Crippen LogP contribution in [0.4, 0.5) is 5.82 Å². The van der Waals surface area contributed by atoms with Crippen LogP contribution in [0, 0.1) is 5.92 Å². The van der Waals surface area contributed by atoms with Crippen LogP contribution in [-0.2, 0) is 9.59 Å². The number of nitrogens with zero attached hydrogens (tertiary/aromatic N) is 3. The second-order valence-electron chi connectivity index (χ2n) is 6.66. The van der Waals surface area contributed by atoms with Crippen LogP contribution in [0.25, 0.3) is 10.2 Å². The van der Waals surface area contributed by atoms with Crippen molar-refractivity contribution < 1.29 is 14.7 Å². The molecule has 3 rings (SSSR count). The van der Waals surface area contributed by atoms with Crippen LogP contribution < -0.4 is 10.2 Å². The number of unbranched alkanes of at least 4 members (excludes halogenated alkanes) is 1. The van der Waals surface area contributed by atoms with E-state index >= 15 is 0 Å². The predicted molar refractivity (Wildman–Crippen MR) is 101 cm³/mol. The number of carboxylic acid groups (broad SMARTS) is 1. The lowest BCUT2D eigenvalue weighted by Gasteiger charge is -2.33. The molecule has 2 atom stereocenters. The molecule has 1 amide bonds. The number of carbonyl (C=O) groups is 2. The van der Waals surface area contributed by atoms with Gasteiger partial charge in [-0.05, 0) is 30.7 Å². The van der Waals surface area contributed by atoms with Crippen molar-refractivity contribution in [2.45, 2.75) is 45.1 Å². The summed E-state index contributed by atoms with van der Waals surface area (Å²) in [6.45, 7) is 3.39. The van der Waals surface area contributed by atoms with Gasteiger partial charge in [0, 0.05) is 13.1 Å². The first-order valence-corrected chi connectivity index (χ1v) is 9.94. The second-order valence-corrected chi connectivity index (χ2v) is 7.56. The van der Waals surface area contributed by atoms with Gasteiger partial charge in [-0.2, -0.15) is 0 Å². The van der Waals surface area contributed by atoms with E-state index in [0.29, 0.717) is 13.0 Å². The molecule has 0 aromatic carbocycles. The first-order chi connectivity index (χ1) is 12.6. The molecule has 0 saturated carbocycles. The number of aromatic nitrogens is 2. The smallest absolute Gasteiger partial charge is 0.326 e. The Morgan fingerprint density at radius 3 is 3.08 bits per heavy atom. The van der Waals surface area contributed by atoms with Crippen molar-refractivity contribution in [3.8, 4) is 0 Å². The van der Waals surface area contributed by atoms with Crippen molar-refractivity contribution in [2.75, 3.05) is 18.0 Å². The van der Waals surface area contributed by atoms with Crippen LogP contribution in [0.15, 0.2) is 17.8 Å². The molecule has 0 aliphatic carbocycles. The topological polar surface area (TPSA) is 95.4 Å². The van der Waals surface area contributed by atoms with Crippen molar-refractivity contribution in [2.24, 2.45) is 5.92 Å². The number of aliphatic carboxylic acids is 1. The summed E-state index contributed by atoms with van der Waals surface area (Å²) in [5, 5.41) is 15.1. The molecule has 1 fully saturated rings. The number of carbonyl (C=O) groups excluding carboxylic acids is 1. The molecular weight excluding hydrogens is 352 g/mol. The lowest BCUT2D eigenvalue weighted by atomic mass is 9.96. The lowest BCUT2D eigenvalue weighted by Crippen LogP contribution is -2.48. The van der Waals surface area contributed by atoms with E-state index < -0.39 is 12.0 Å². The number of thiophene rings is 1. The van der Waals surface area contributed by atoms with Gasteiger partial charge in [0.05, 0.1) is 11.3 Å². The van der Waals surface area contributed by atoms with Crippen molar-refractivity contribution in [3.05, 3.63) is 17.8 Å². The molecule has 3 heterocycles. The Kier molecular flexibility index (Phi) is 6.03. The van der Waals surface area contributed by atoms with Crippen LogP contribution in [0.1, 0.15) is 39.0 Å². The molecule has 1 saturated heterocycles. The Balaban J connectivity index is 1.68. The first-order valence-electron chi connectivity index (χ1n) is 9.06. The summed E-state index contributed by atoms with van der Waals surface area (Å²) in [6, 6.07) is 1.20. The fourth-order valence-electron chi connectivity index (χ4n) is 3.37. The summed E-state index contributed by atoms with van der Waals surface area (Å²) in [5.74, 6) is -0.505. The maximum Gasteiger partial charge on any atom is 0.326 e. The molecule has 1 aliphatic heterocycles. The van der Waals surface area contributed by atoms with Crippen LogP contribution in [0.2, 0.25) is 0 Å². The van der Waals surface area contributed by atoms with E-state index in [9.17, 15) is 14.7 Å². The second kappa shape index (κ2) is 8.44. The molecule has 8 heteroatoms. The molecule has 2 aromatic heterocycles. The number of anilines is 1. The monoisotopic (exact) mass is 376 g/mol. The van der Waals surface area contributed by atoms with E-state index in [1.165, 1.54) is 0 Å². The molecule has 1 unspecified atom stereocenters. The first kappa shape index (κ1) is 18.6. The molecule has 0 radical (unpaired) electrons. The molecule has 0 bridgehead atoms. The standard InChI is InChI=1S/C18H24N4O3S/c1-2-3-6-14(18(24)25)21-16(23)12-5-4-8-22(10-12)15-13-7-9-26-17(13)20-11-19-15/h7,9,11-12,14H,2-6,8,10H2,1H3,(H,21,23)(H,24,25)/t12?,14-/m0/s1. The normalized spacial score (nSPS) is 18.7. The molecule has 26 heavy (non-hydrogen) atoms. The average Bonchev–Trinajstić information content (AvgIpc) is 3.13. The number of amides is 1. The molecule has 0 spiro atoms. The highest BCUT2D eigenvalue weighted by molar-refractivity contribution is 7.16. The summed E-state index contributed by atoms with van der Waals surface area (Å²) in [6.07, 6.45) is 5.35. The van der Waals surface area contributed by atoms with E-state index in [1.807, 2.05) is 18.4 Å². The van der Waals surface area contributed by atoms with Gasteiger partial charge < -0.3 is 15.3 Å². The maximum atomic E-state index is 12.6. The molecule has 2 aromatic rings. The van der Waals surface area contributed by atoms with E-state index in [1.54, 1.807) is 17.7 Å². The summed E-state index contributed by atoms with van der Waals surface area (Å²) in [5.41, 5.74) is 0. The van der Waals surface area contributed by atoms with Crippen LogP contribution in [-0.4, -0.2) is 46.1 Å². The van der Waals surface area contributed by atoms with Gasteiger partial charge in [-0.15, -0.1) is 11.3 Å². The van der Waals surface area contributed by atoms with Crippen molar-refractivity contribution in [3.63, 3.8) is 0 Å². The number of nitrogens with one attached hydrogen (secondary N) is 1. The highest BCUT2D eigenvalue weighted by Crippen LogP contribution is 2.30. The van der Waals surface area contributed by atoms with Gasteiger partial charge in [0.2, 0.25) is 5.91 Å². The number of carboxylic acids is 1. The quantitative estimate of drug-likeness (QED) is 0.771. The fraction of sp³-hybridized carbons (Fsp3) is 0.556. The minimum absolute atomic E-state index is 0.172. The van der Waals surface area contributed by atoms with Gasteiger partial charge >= 0.3 is 5.97 Å². The van der Waals surface area contributed by atoms with Crippen molar-refractivity contribution in [1.82, 2.24) is 15.3 Å². The van der Waals surface area contributed by atoms with E-state index in [-0.39, 0.29) is 11.8 Å². The fourth-order valence-corrected chi connectivity index (χ4v) is 4.10. The zero-order valence-corrected chi connectivity index (χ0v) is 15.7. The summed E-state index contributed by atoms with van der Waals surface area (Å²) < 4.78 is 0.